The highest BCUT2D eigenvalue weighted by molar-refractivity contribution is 6.29. The summed E-state index contributed by atoms with van der Waals surface area (Å²) in [5.41, 5.74) is 2.70. The van der Waals surface area contributed by atoms with E-state index in [2.05, 4.69) is 15.4 Å². The van der Waals surface area contributed by atoms with Crippen LogP contribution in [0.3, 0.4) is 0 Å². The maximum absolute atomic E-state index is 12.2. The van der Waals surface area contributed by atoms with Crippen molar-refractivity contribution in [3.63, 3.8) is 0 Å². The van der Waals surface area contributed by atoms with Crippen molar-refractivity contribution in [3.8, 4) is 0 Å². The van der Waals surface area contributed by atoms with Crippen LogP contribution in [0.25, 0.3) is 0 Å². The molecule has 0 saturated carbocycles. The number of aryl methyl sites for hydroxylation is 3. The lowest BCUT2D eigenvalue weighted by Gasteiger charge is -2.07. The van der Waals surface area contributed by atoms with Crippen LogP contribution in [0.15, 0.2) is 18.3 Å². The first-order chi connectivity index (χ1) is 9.01. The molecule has 5 nitrogen and oxygen atoms in total. The van der Waals surface area contributed by atoms with Gasteiger partial charge in [-0.1, -0.05) is 18.5 Å². The fraction of sp³-hybridized carbons (Fsp3) is 0.308. The highest BCUT2D eigenvalue weighted by atomic mass is 35.5. The van der Waals surface area contributed by atoms with Gasteiger partial charge in [-0.05, 0) is 25.5 Å². The molecule has 0 atom stereocenters. The number of carbonyl (C=O) groups is 1. The van der Waals surface area contributed by atoms with Gasteiger partial charge in [0.2, 0.25) is 0 Å². The molecule has 0 spiro atoms. The molecule has 2 heterocycles. The Hall–Kier alpha value is -1.88. The van der Waals surface area contributed by atoms with Crippen molar-refractivity contribution in [3.05, 3.63) is 40.4 Å². The van der Waals surface area contributed by atoms with Crippen LogP contribution in [0.5, 0.6) is 0 Å². The Morgan fingerprint density at radius 1 is 1.47 bits per heavy atom. The number of nitrogens with zero attached hydrogens (tertiary/aromatic N) is 3. The molecule has 0 fully saturated rings. The molecule has 100 valence electrons. The molecule has 19 heavy (non-hydrogen) atoms. The Bertz CT molecular complexity index is 621. The van der Waals surface area contributed by atoms with Gasteiger partial charge in [-0.2, -0.15) is 5.10 Å². The van der Waals surface area contributed by atoms with Gasteiger partial charge < -0.3 is 5.32 Å². The zero-order valence-electron chi connectivity index (χ0n) is 11.1. The minimum atomic E-state index is -0.183. The van der Waals surface area contributed by atoms with Crippen molar-refractivity contribution >= 4 is 23.2 Å². The number of aromatic nitrogens is 3. The fourth-order valence-corrected chi connectivity index (χ4v) is 2.03. The van der Waals surface area contributed by atoms with Crippen LogP contribution < -0.4 is 5.32 Å². The second-order valence-corrected chi connectivity index (χ2v) is 4.63. The van der Waals surface area contributed by atoms with Crippen LogP contribution in [-0.4, -0.2) is 20.7 Å². The van der Waals surface area contributed by atoms with Crippen molar-refractivity contribution < 1.29 is 4.79 Å². The number of amides is 1. The van der Waals surface area contributed by atoms with Gasteiger partial charge >= 0.3 is 0 Å². The van der Waals surface area contributed by atoms with Gasteiger partial charge in [0.05, 0.1) is 22.6 Å². The van der Waals surface area contributed by atoms with Gasteiger partial charge in [0.25, 0.3) is 5.91 Å². The van der Waals surface area contributed by atoms with Crippen LogP contribution in [0.2, 0.25) is 5.15 Å². The molecular weight excluding hydrogens is 264 g/mol. The van der Waals surface area contributed by atoms with E-state index in [0.29, 0.717) is 28.5 Å². The van der Waals surface area contributed by atoms with E-state index in [0.717, 1.165) is 5.69 Å². The first-order valence-electron chi connectivity index (χ1n) is 5.98. The minimum absolute atomic E-state index is 0.183. The Morgan fingerprint density at radius 3 is 2.84 bits per heavy atom. The molecule has 0 aliphatic heterocycles. The van der Waals surface area contributed by atoms with Crippen LogP contribution in [0.1, 0.15) is 28.7 Å². The lowest BCUT2D eigenvalue weighted by atomic mass is 10.2. The number of carbonyl (C=O) groups excluding carboxylic acids is 1. The largest absolute Gasteiger partial charge is 0.320 e. The molecule has 1 amide bonds. The van der Waals surface area contributed by atoms with E-state index in [1.807, 2.05) is 6.92 Å². The van der Waals surface area contributed by atoms with Crippen LogP contribution in [0, 0.1) is 6.92 Å². The molecule has 2 rings (SSSR count). The predicted molar refractivity (Wildman–Crippen MR) is 74.5 cm³/mol. The molecule has 0 aliphatic carbocycles. The summed E-state index contributed by atoms with van der Waals surface area (Å²) in [4.78, 5) is 16.3. The van der Waals surface area contributed by atoms with Gasteiger partial charge in [-0.3, -0.25) is 9.48 Å². The molecule has 0 bridgehead atoms. The summed E-state index contributed by atoms with van der Waals surface area (Å²) in [6.45, 7) is 3.76. The van der Waals surface area contributed by atoms with E-state index in [4.69, 9.17) is 11.6 Å². The summed E-state index contributed by atoms with van der Waals surface area (Å²) < 4.78 is 1.64. The number of anilines is 1. The van der Waals surface area contributed by atoms with E-state index in [-0.39, 0.29) is 5.91 Å². The Morgan fingerprint density at radius 2 is 2.21 bits per heavy atom. The number of halogens is 1. The lowest BCUT2D eigenvalue weighted by molar-refractivity contribution is 0.102. The zero-order chi connectivity index (χ0) is 14.0. The van der Waals surface area contributed by atoms with Crippen molar-refractivity contribution in [2.45, 2.75) is 20.3 Å². The molecule has 0 saturated heterocycles. The summed E-state index contributed by atoms with van der Waals surface area (Å²) in [7, 11) is 1.80. The first kappa shape index (κ1) is 13.5. The summed E-state index contributed by atoms with van der Waals surface area (Å²) in [6.07, 6.45) is 2.42. The van der Waals surface area contributed by atoms with E-state index in [9.17, 15) is 4.79 Å². The summed E-state index contributed by atoms with van der Waals surface area (Å²) in [6, 6.07) is 3.39. The molecule has 2 aromatic heterocycles. The maximum Gasteiger partial charge on any atom is 0.259 e. The fourth-order valence-electron chi connectivity index (χ4n) is 1.84. The summed E-state index contributed by atoms with van der Waals surface area (Å²) >= 11 is 5.78. The number of rotatable bonds is 3. The van der Waals surface area contributed by atoms with Gasteiger partial charge in [-0.25, -0.2) is 4.98 Å². The molecule has 0 aromatic carbocycles. The maximum atomic E-state index is 12.2. The van der Waals surface area contributed by atoms with E-state index in [1.54, 1.807) is 37.0 Å². The Labute approximate surface area is 116 Å². The molecule has 1 N–H and O–H groups in total. The normalized spacial score (nSPS) is 10.5. The average molecular weight is 279 g/mol. The summed E-state index contributed by atoms with van der Waals surface area (Å²) in [5.74, 6) is -0.183. The zero-order valence-corrected chi connectivity index (χ0v) is 11.8. The highest BCUT2D eigenvalue weighted by Gasteiger charge is 2.15. The number of pyridine rings is 1. The molecule has 0 aliphatic rings. The quantitative estimate of drug-likeness (QED) is 0.878. The smallest absolute Gasteiger partial charge is 0.259 e. The third-order valence-corrected chi connectivity index (χ3v) is 3.00. The van der Waals surface area contributed by atoms with Crippen LogP contribution >= 0.6 is 11.6 Å². The molecule has 6 heteroatoms. The predicted octanol–water partition coefficient (Wildman–Crippen LogP) is 2.59. The molecule has 0 unspecified atom stereocenters. The number of hydrogen-bond acceptors (Lipinski definition) is 3. The van der Waals surface area contributed by atoms with Gasteiger partial charge in [0.15, 0.2) is 0 Å². The number of hydrogen-bond donors (Lipinski definition) is 1. The van der Waals surface area contributed by atoms with Crippen LogP contribution in [0.4, 0.5) is 5.69 Å². The molecule has 2 aromatic rings. The SMILES string of the molecule is CCc1nn(C)cc1C(=O)Nc1ccc(Cl)nc1C. The lowest BCUT2D eigenvalue weighted by Crippen LogP contribution is -2.14. The van der Waals surface area contributed by atoms with E-state index < -0.39 is 0 Å². The summed E-state index contributed by atoms with van der Waals surface area (Å²) in [5, 5.41) is 7.48. The van der Waals surface area contributed by atoms with Gasteiger partial charge in [-0.15, -0.1) is 0 Å². The second kappa shape index (κ2) is 5.40. The highest BCUT2D eigenvalue weighted by Crippen LogP contribution is 2.17. The van der Waals surface area contributed by atoms with Crippen molar-refractivity contribution in [1.82, 2.24) is 14.8 Å². The molecular formula is C13H15ClN4O. The Kier molecular flexibility index (Phi) is 3.85. The van der Waals surface area contributed by atoms with Gasteiger partial charge in [0.1, 0.15) is 5.15 Å². The van der Waals surface area contributed by atoms with Gasteiger partial charge in [0, 0.05) is 13.2 Å². The average Bonchev–Trinajstić information content (AvgIpc) is 2.74. The second-order valence-electron chi connectivity index (χ2n) is 4.24. The third kappa shape index (κ3) is 2.93. The van der Waals surface area contributed by atoms with Crippen molar-refractivity contribution in [1.29, 1.82) is 0 Å². The van der Waals surface area contributed by atoms with Crippen molar-refractivity contribution in [2.75, 3.05) is 5.32 Å². The van der Waals surface area contributed by atoms with E-state index in [1.165, 1.54) is 0 Å². The molecule has 0 radical (unpaired) electrons. The van der Waals surface area contributed by atoms with Crippen molar-refractivity contribution in [2.24, 2.45) is 7.05 Å². The number of nitrogens with one attached hydrogen (secondary N) is 1. The Balaban J connectivity index is 2.25. The first-order valence-corrected chi connectivity index (χ1v) is 6.36. The monoisotopic (exact) mass is 278 g/mol. The van der Waals surface area contributed by atoms with E-state index >= 15 is 0 Å². The minimum Gasteiger partial charge on any atom is -0.320 e. The van der Waals surface area contributed by atoms with Crippen LogP contribution in [-0.2, 0) is 13.5 Å². The topological polar surface area (TPSA) is 59.8 Å². The standard InChI is InChI=1S/C13H15ClN4O/c1-4-10-9(7-18(3)17-10)13(19)16-11-5-6-12(14)15-8(11)2/h5-7H,4H2,1-3H3,(H,16,19). The third-order valence-electron chi connectivity index (χ3n) is 2.78.